The van der Waals surface area contributed by atoms with Gasteiger partial charge in [0, 0.05) is 66.5 Å². The summed E-state index contributed by atoms with van der Waals surface area (Å²) in [5.41, 5.74) is -1.31. The number of dihydropyridines is 1. The van der Waals surface area contributed by atoms with Crippen LogP contribution in [0.4, 0.5) is 0 Å². The van der Waals surface area contributed by atoms with Crippen molar-refractivity contribution >= 4 is 5.78 Å². The Morgan fingerprint density at radius 3 is 2.41 bits per heavy atom. The van der Waals surface area contributed by atoms with Crippen LogP contribution in [0.3, 0.4) is 0 Å². The fraction of sp³-hybridized carbons (Fsp3) is 0.843. The van der Waals surface area contributed by atoms with Crippen molar-refractivity contribution in [1.29, 1.82) is 0 Å². The topological polar surface area (TPSA) is 280 Å². The molecule has 13 rings (SSSR count). The Balaban J connectivity index is 0.954. The van der Waals surface area contributed by atoms with E-state index in [1.807, 2.05) is 18.2 Å². The third-order valence-corrected chi connectivity index (χ3v) is 26.7. The largest absolute Gasteiger partial charge is 0.396 e. The van der Waals surface area contributed by atoms with Crippen molar-refractivity contribution in [3.05, 3.63) is 59.1 Å². The normalized spacial score (nSPS) is 48.2. The molecule has 10 aliphatic carbocycles. The Hall–Kier alpha value is -2.71. The van der Waals surface area contributed by atoms with Crippen molar-refractivity contribution in [3.63, 3.8) is 0 Å². The number of carbonyl (C=O) groups excluding carboxylic acids is 1. The van der Waals surface area contributed by atoms with E-state index in [4.69, 9.17) is 15.2 Å². The van der Waals surface area contributed by atoms with E-state index in [1.54, 1.807) is 6.92 Å². The third kappa shape index (κ3) is 10.2. The van der Waals surface area contributed by atoms with Crippen LogP contribution >= 0.6 is 0 Å². The van der Waals surface area contributed by atoms with Crippen LogP contribution in [0.25, 0.3) is 0 Å². The van der Waals surface area contributed by atoms with Gasteiger partial charge in [0.25, 0.3) is 0 Å². The molecule has 8 saturated carbocycles. The Bertz CT molecular complexity index is 2630. The number of Topliss-reactive ketones (excluding diaryl/α,β-unsaturated/α-hetero) is 1. The van der Waals surface area contributed by atoms with E-state index in [0.29, 0.717) is 74.5 Å². The molecule has 1 unspecified atom stereocenters. The van der Waals surface area contributed by atoms with Gasteiger partial charge in [0.2, 0.25) is 0 Å². The Labute approximate surface area is 511 Å². The zero-order chi connectivity index (χ0) is 60.1. The van der Waals surface area contributed by atoms with Gasteiger partial charge in [0.1, 0.15) is 5.60 Å². The summed E-state index contributed by atoms with van der Waals surface area (Å²) in [5.74, 6) is -2.73. The van der Waals surface area contributed by atoms with Gasteiger partial charge in [0.15, 0.2) is 5.78 Å². The van der Waals surface area contributed by atoms with Gasteiger partial charge < -0.3 is 77.1 Å². The number of aliphatic hydroxyl groups excluding tert-OH is 5. The predicted octanol–water partition coefficient (Wildman–Crippen LogP) is 6.50. The van der Waals surface area contributed by atoms with Gasteiger partial charge in [-0.2, -0.15) is 0 Å². The number of hydrogen-bond acceptors (Lipinski definition) is 16. The molecule has 13 aliphatic rings. The number of ketones is 1. The molecule has 16 nitrogen and oxygen atoms in total. The number of fused-ring (bicyclic) bond motifs is 6. The molecule has 9 fully saturated rings. The van der Waals surface area contributed by atoms with Gasteiger partial charge in [-0.25, -0.2) is 0 Å². The fourth-order valence-corrected chi connectivity index (χ4v) is 22.7. The number of ether oxygens (including phenoxy) is 2. The zero-order valence-corrected chi connectivity index (χ0v) is 51.8. The van der Waals surface area contributed by atoms with Gasteiger partial charge in [-0.15, -0.1) is 0 Å². The van der Waals surface area contributed by atoms with Crippen LogP contribution in [0.1, 0.15) is 194 Å². The molecule has 16 heteroatoms. The summed E-state index contributed by atoms with van der Waals surface area (Å²) in [6.07, 6.45) is 25.2. The molecule has 1 saturated heterocycles. The van der Waals surface area contributed by atoms with Crippen LogP contribution in [-0.4, -0.2) is 149 Å². The standard InChI is InChI=1S/C70H108N4O12/c1-3-8-40-15-19-48-56(21-16-40)86-64-59(48)52(76)12-6-27-70(64,84)65(2,81)57-24-29-69(83)60-61(73-38-55(79)42-9-4-5-10-42)62(80)49-35-53(77)54(78)37-66(49)36-44(47-20-22-58(71)74-50(47)11-7-31-75)23-28-67(82,63(60)66)39-68(57,69)45-17-13-41(14-18-45)26-32-85-46-33-43-25-30-72-51(43)34-46/h20,22-23,25,28,30,40-46,48-49,51-59,63-64,72-79,81-84H,3-19,21,24,26-27,29,31-39,71H2,1-2H3/t40-,41?,43-,44-,45?,46-,48-,49+,51+,52+,53-,54+,55+,56-,57-,58?,59-,63+,64-,65-,66+,67-,68+,69-,70-/m1/s1. The second-order valence-corrected chi connectivity index (χ2v) is 31.0. The lowest BCUT2D eigenvalue weighted by atomic mass is 9.37. The number of hydrogen-bond donors (Lipinski definition) is 13. The minimum atomic E-state index is -1.96. The van der Waals surface area contributed by atoms with E-state index < -0.39 is 99.5 Å². The van der Waals surface area contributed by atoms with Crippen LogP contribution in [0, 0.1) is 75.9 Å². The summed E-state index contributed by atoms with van der Waals surface area (Å²) in [5, 5.41) is 128. The highest BCUT2D eigenvalue weighted by atomic mass is 16.5. The summed E-state index contributed by atoms with van der Waals surface area (Å²) in [4.78, 5) is 16.5. The Morgan fingerprint density at radius 1 is 0.872 bits per heavy atom. The second-order valence-electron chi connectivity index (χ2n) is 31.0. The molecule has 3 aliphatic heterocycles. The Morgan fingerprint density at radius 2 is 1.64 bits per heavy atom. The molecule has 0 aromatic rings. The number of nitrogens with two attached hydrogens (primary N) is 1. The first-order valence-electron chi connectivity index (χ1n) is 34.9. The summed E-state index contributed by atoms with van der Waals surface area (Å²) in [6.45, 7) is 4.67. The minimum Gasteiger partial charge on any atom is -0.396 e. The van der Waals surface area contributed by atoms with Crippen LogP contribution in [0.5, 0.6) is 0 Å². The molecule has 86 heavy (non-hydrogen) atoms. The van der Waals surface area contributed by atoms with E-state index in [-0.39, 0.29) is 99.5 Å². The fourth-order valence-electron chi connectivity index (χ4n) is 22.7. The molecule has 3 heterocycles. The number of nitrogens with one attached hydrogen (secondary N) is 3. The van der Waals surface area contributed by atoms with Crippen molar-refractivity contribution < 1.29 is 60.2 Å². The molecule has 0 aromatic heterocycles. The first-order valence-corrected chi connectivity index (χ1v) is 34.9. The highest BCUT2D eigenvalue weighted by Gasteiger charge is 2.80. The minimum absolute atomic E-state index is 0.00790. The molecule has 1 spiro atoms. The Kier molecular flexibility index (Phi) is 17.4. The number of allylic oxidation sites excluding steroid dienone is 5. The van der Waals surface area contributed by atoms with Crippen molar-refractivity contribution in [2.24, 2.45) is 81.7 Å². The van der Waals surface area contributed by atoms with Crippen molar-refractivity contribution in [1.82, 2.24) is 16.0 Å². The molecule has 14 N–H and O–H groups in total. The number of carbonyl (C=O) groups is 1. The van der Waals surface area contributed by atoms with Gasteiger partial charge in [-0.05, 0) is 206 Å². The number of rotatable bonds is 17. The summed E-state index contributed by atoms with van der Waals surface area (Å²) < 4.78 is 13.9. The predicted molar refractivity (Wildman–Crippen MR) is 326 cm³/mol. The van der Waals surface area contributed by atoms with E-state index in [0.717, 1.165) is 108 Å². The lowest BCUT2D eigenvalue weighted by molar-refractivity contribution is -0.276. The van der Waals surface area contributed by atoms with Crippen LogP contribution in [0.15, 0.2) is 59.1 Å². The maximum absolute atomic E-state index is 16.5. The zero-order valence-electron chi connectivity index (χ0n) is 51.8. The van der Waals surface area contributed by atoms with Crippen LogP contribution in [0.2, 0.25) is 0 Å². The molecule has 23 atom stereocenters. The molecule has 0 bridgehead atoms. The average molecular weight is 1200 g/mol. The molecule has 0 radical (unpaired) electrons. The molecule has 0 aromatic carbocycles. The second kappa shape index (κ2) is 24.1. The smallest absolute Gasteiger partial charge is 0.182 e. The molecule has 480 valence electrons. The van der Waals surface area contributed by atoms with E-state index in [9.17, 15) is 40.9 Å². The quantitative estimate of drug-likeness (QED) is 0.0692. The van der Waals surface area contributed by atoms with Gasteiger partial charge in [0.05, 0.1) is 71.4 Å². The van der Waals surface area contributed by atoms with Crippen molar-refractivity contribution in [2.45, 2.75) is 271 Å². The maximum Gasteiger partial charge on any atom is 0.182 e. The molecule has 0 amide bonds. The van der Waals surface area contributed by atoms with Crippen molar-refractivity contribution in [3.8, 4) is 0 Å². The average Bonchev–Trinajstić information content (AvgIpc) is 1.20. The monoisotopic (exact) mass is 1200 g/mol. The molecular formula is C70H108N4O12. The number of aliphatic hydroxyl groups is 9. The summed E-state index contributed by atoms with van der Waals surface area (Å²) in [6, 6.07) is 0.438. The third-order valence-electron chi connectivity index (χ3n) is 26.7. The van der Waals surface area contributed by atoms with Gasteiger partial charge in [-0.3, -0.25) is 4.79 Å². The van der Waals surface area contributed by atoms with Gasteiger partial charge in [-0.1, -0.05) is 76.2 Å². The van der Waals surface area contributed by atoms with Gasteiger partial charge >= 0.3 is 0 Å². The SMILES string of the molecule is CCC[C@@H]1CC[C@H]2[C@H]3[C@@H](O[C@@H]2CC1)[C@@](O)([C@](C)(O)[C@H]1CC[C@@]2(O)C4=C(NC[C@H](O)C5CCCC5)C(=O)[C@@H]5C[C@@H](O)[C@@H](O)C[C@@]56C[C@H](C5=C(CCCO)NC(N)C=C5)C=C[C@@](O)(C[C@]12C1CCC(CCO[C@@H]2C[C@H]5C=CN[C@H]5C2)CC1)[C@@H]46)CCC[C@@H]3O. The maximum atomic E-state index is 16.5. The first kappa shape index (κ1) is 62.1. The highest BCUT2D eigenvalue weighted by Crippen LogP contribution is 2.77. The highest BCUT2D eigenvalue weighted by molar-refractivity contribution is 6.00. The first-order chi connectivity index (χ1) is 41.3. The van der Waals surface area contributed by atoms with Crippen molar-refractivity contribution in [2.75, 3.05) is 19.8 Å². The van der Waals surface area contributed by atoms with Crippen LogP contribution in [-0.2, 0) is 14.3 Å². The van der Waals surface area contributed by atoms with E-state index in [2.05, 4.69) is 41.2 Å². The van der Waals surface area contributed by atoms with Crippen LogP contribution < -0.4 is 21.7 Å². The lowest BCUT2D eigenvalue weighted by Gasteiger charge is -2.69. The lowest BCUT2D eigenvalue weighted by Crippen LogP contribution is -2.74. The molecular weight excluding hydrogens is 1090 g/mol. The van der Waals surface area contributed by atoms with E-state index >= 15 is 9.90 Å². The van der Waals surface area contributed by atoms with E-state index in [1.165, 1.54) is 0 Å². The summed E-state index contributed by atoms with van der Waals surface area (Å²) in [7, 11) is 0. The summed E-state index contributed by atoms with van der Waals surface area (Å²) >= 11 is 0.